The quantitative estimate of drug-likeness (QED) is 0.859. The van der Waals surface area contributed by atoms with Crippen molar-refractivity contribution in [3.05, 3.63) is 24.0 Å². The number of imidazole rings is 1. The minimum Gasteiger partial charge on any atom is -0.368 e. The molecule has 0 amide bonds. The smallest absolute Gasteiger partial charge is 0.119 e. The van der Waals surface area contributed by atoms with E-state index in [1.54, 1.807) is 0 Å². The number of fused-ring (bicyclic) bond motifs is 1. The van der Waals surface area contributed by atoms with E-state index in [0.29, 0.717) is 0 Å². The summed E-state index contributed by atoms with van der Waals surface area (Å²) in [5.41, 5.74) is 2.39. The summed E-state index contributed by atoms with van der Waals surface area (Å²) in [4.78, 5) is 4.47. The maximum atomic E-state index is 8.98. The standard InChI is InChI=1S/C13H16N4/c1-9-15-11-7-10(16-13(2,3)8-14)5-6-12(11)17(9)4/h5-7,16H,1-4H3. The van der Waals surface area contributed by atoms with Crippen molar-refractivity contribution >= 4 is 16.7 Å². The zero-order valence-electron chi connectivity index (χ0n) is 10.6. The molecule has 4 nitrogen and oxygen atoms in total. The molecule has 1 aromatic heterocycles. The van der Waals surface area contributed by atoms with Gasteiger partial charge in [0.05, 0.1) is 17.1 Å². The highest BCUT2D eigenvalue weighted by atomic mass is 15.1. The second kappa shape index (κ2) is 3.77. The van der Waals surface area contributed by atoms with Gasteiger partial charge in [0.2, 0.25) is 0 Å². The Morgan fingerprint density at radius 1 is 1.41 bits per heavy atom. The Hall–Kier alpha value is -2.02. The van der Waals surface area contributed by atoms with E-state index in [2.05, 4.69) is 20.9 Å². The van der Waals surface area contributed by atoms with Gasteiger partial charge < -0.3 is 9.88 Å². The molecule has 0 unspecified atom stereocenters. The fourth-order valence-corrected chi connectivity index (χ4v) is 1.79. The fraction of sp³-hybridized carbons (Fsp3) is 0.385. The van der Waals surface area contributed by atoms with E-state index in [1.807, 2.05) is 46.0 Å². The molecule has 0 aliphatic carbocycles. The lowest BCUT2D eigenvalue weighted by atomic mass is 10.1. The minimum atomic E-state index is -0.572. The van der Waals surface area contributed by atoms with Crippen LogP contribution in [0.2, 0.25) is 0 Å². The largest absolute Gasteiger partial charge is 0.368 e. The van der Waals surface area contributed by atoms with Crippen LogP contribution >= 0.6 is 0 Å². The lowest BCUT2D eigenvalue weighted by molar-refractivity contribution is 0.729. The summed E-state index contributed by atoms with van der Waals surface area (Å²) in [6, 6.07) is 8.19. The molecule has 0 saturated carbocycles. The Labute approximate surface area is 101 Å². The molecule has 17 heavy (non-hydrogen) atoms. The second-order valence-electron chi connectivity index (χ2n) is 4.78. The van der Waals surface area contributed by atoms with E-state index in [4.69, 9.17) is 5.26 Å². The van der Waals surface area contributed by atoms with Crippen molar-refractivity contribution in [3.8, 4) is 6.07 Å². The number of hydrogen-bond acceptors (Lipinski definition) is 3. The number of anilines is 1. The van der Waals surface area contributed by atoms with E-state index < -0.39 is 5.54 Å². The van der Waals surface area contributed by atoms with Crippen molar-refractivity contribution in [3.63, 3.8) is 0 Å². The van der Waals surface area contributed by atoms with Gasteiger partial charge in [0.1, 0.15) is 11.4 Å². The highest BCUT2D eigenvalue weighted by molar-refractivity contribution is 5.80. The van der Waals surface area contributed by atoms with Gasteiger partial charge in [0.25, 0.3) is 0 Å². The van der Waals surface area contributed by atoms with Crippen LogP contribution in [0.5, 0.6) is 0 Å². The molecule has 0 aliphatic heterocycles. The molecule has 0 radical (unpaired) electrons. The Bertz CT molecular complexity index is 602. The molecule has 0 atom stereocenters. The Balaban J connectivity index is 2.43. The molecule has 0 bridgehead atoms. The molecule has 0 aliphatic rings. The first-order chi connectivity index (χ1) is 7.93. The minimum absolute atomic E-state index is 0.572. The summed E-state index contributed by atoms with van der Waals surface area (Å²) >= 11 is 0. The molecular weight excluding hydrogens is 212 g/mol. The molecule has 0 saturated heterocycles. The van der Waals surface area contributed by atoms with Crippen molar-refractivity contribution in [2.45, 2.75) is 26.3 Å². The van der Waals surface area contributed by atoms with Crippen LogP contribution in [-0.2, 0) is 7.05 Å². The van der Waals surface area contributed by atoms with Crippen molar-refractivity contribution < 1.29 is 0 Å². The predicted molar refractivity (Wildman–Crippen MR) is 68.8 cm³/mol. The number of nitriles is 1. The van der Waals surface area contributed by atoms with Gasteiger partial charge in [0, 0.05) is 12.7 Å². The van der Waals surface area contributed by atoms with Crippen LogP contribution in [0.25, 0.3) is 11.0 Å². The first kappa shape index (κ1) is 11.5. The third-order valence-corrected chi connectivity index (χ3v) is 2.84. The zero-order valence-corrected chi connectivity index (χ0v) is 10.6. The number of nitrogens with one attached hydrogen (secondary N) is 1. The maximum Gasteiger partial charge on any atom is 0.119 e. The lowest BCUT2D eigenvalue weighted by Crippen LogP contribution is -2.28. The van der Waals surface area contributed by atoms with Gasteiger partial charge in [-0.2, -0.15) is 5.26 Å². The Morgan fingerprint density at radius 3 is 2.76 bits per heavy atom. The van der Waals surface area contributed by atoms with Crippen LogP contribution in [0.3, 0.4) is 0 Å². The number of nitrogens with zero attached hydrogens (tertiary/aromatic N) is 3. The van der Waals surface area contributed by atoms with Crippen LogP contribution in [0, 0.1) is 18.3 Å². The molecule has 4 heteroatoms. The molecule has 0 fully saturated rings. The fourth-order valence-electron chi connectivity index (χ4n) is 1.79. The summed E-state index contributed by atoms with van der Waals surface area (Å²) in [7, 11) is 2.00. The number of hydrogen-bond donors (Lipinski definition) is 1. The van der Waals surface area contributed by atoms with Gasteiger partial charge in [-0.3, -0.25) is 0 Å². The van der Waals surface area contributed by atoms with Crippen molar-refractivity contribution in [1.29, 1.82) is 5.26 Å². The van der Waals surface area contributed by atoms with Crippen molar-refractivity contribution in [2.24, 2.45) is 7.05 Å². The number of aromatic nitrogens is 2. The molecule has 0 spiro atoms. The third kappa shape index (κ3) is 2.09. The van der Waals surface area contributed by atoms with Crippen molar-refractivity contribution in [1.82, 2.24) is 9.55 Å². The molecule has 2 aromatic rings. The van der Waals surface area contributed by atoms with Crippen LogP contribution in [0.4, 0.5) is 5.69 Å². The normalized spacial score (nSPS) is 11.5. The average molecular weight is 228 g/mol. The van der Waals surface area contributed by atoms with Crippen LogP contribution in [0.1, 0.15) is 19.7 Å². The van der Waals surface area contributed by atoms with Gasteiger partial charge in [-0.05, 0) is 39.0 Å². The van der Waals surface area contributed by atoms with Gasteiger partial charge in [-0.1, -0.05) is 0 Å². The molecule has 1 N–H and O–H groups in total. The lowest BCUT2D eigenvalue weighted by Gasteiger charge is -2.18. The number of aryl methyl sites for hydroxylation is 2. The molecule has 1 aromatic carbocycles. The molecule has 88 valence electrons. The summed E-state index contributed by atoms with van der Waals surface area (Å²) in [5, 5.41) is 12.2. The summed E-state index contributed by atoms with van der Waals surface area (Å²) in [6.07, 6.45) is 0. The zero-order chi connectivity index (χ0) is 12.6. The number of benzene rings is 1. The first-order valence-corrected chi connectivity index (χ1v) is 5.55. The predicted octanol–water partition coefficient (Wildman–Crippen LogP) is 2.60. The summed E-state index contributed by atoms with van der Waals surface area (Å²) in [5.74, 6) is 0.983. The Morgan fingerprint density at radius 2 is 2.12 bits per heavy atom. The van der Waals surface area contributed by atoms with Crippen molar-refractivity contribution in [2.75, 3.05) is 5.32 Å². The topological polar surface area (TPSA) is 53.6 Å². The van der Waals surface area contributed by atoms with E-state index in [0.717, 1.165) is 22.5 Å². The van der Waals surface area contributed by atoms with E-state index >= 15 is 0 Å². The maximum absolute atomic E-state index is 8.98. The van der Waals surface area contributed by atoms with Gasteiger partial charge >= 0.3 is 0 Å². The summed E-state index contributed by atoms with van der Waals surface area (Å²) in [6.45, 7) is 5.67. The highest BCUT2D eigenvalue weighted by Gasteiger charge is 2.16. The van der Waals surface area contributed by atoms with Crippen LogP contribution < -0.4 is 5.32 Å². The van der Waals surface area contributed by atoms with Crippen LogP contribution in [-0.4, -0.2) is 15.1 Å². The molecule has 1 heterocycles. The van der Waals surface area contributed by atoms with E-state index in [9.17, 15) is 0 Å². The van der Waals surface area contributed by atoms with E-state index in [1.165, 1.54) is 0 Å². The van der Waals surface area contributed by atoms with Gasteiger partial charge in [-0.15, -0.1) is 0 Å². The highest BCUT2D eigenvalue weighted by Crippen LogP contribution is 2.21. The monoisotopic (exact) mass is 228 g/mol. The first-order valence-electron chi connectivity index (χ1n) is 5.55. The van der Waals surface area contributed by atoms with Gasteiger partial charge in [0.15, 0.2) is 0 Å². The molecule has 2 rings (SSSR count). The Kier molecular flexibility index (Phi) is 2.55. The second-order valence-corrected chi connectivity index (χ2v) is 4.78. The number of rotatable bonds is 2. The molecular formula is C13H16N4. The van der Waals surface area contributed by atoms with Crippen LogP contribution in [0.15, 0.2) is 18.2 Å². The van der Waals surface area contributed by atoms with E-state index in [-0.39, 0.29) is 0 Å². The average Bonchev–Trinajstić information content (AvgIpc) is 2.54. The SMILES string of the molecule is Cc1nc2cc(NC(C)(C)C#N)ccc2n1C. The van der Waals surface area contributed by atoms with Gasteiger partial charge in [-0.25, -0.2) is 4.98 Å². The summed E-state index contributed by atoms with van der Waals surface area (Å²) < 4.78 is 2.05. The third-order valence-electron chi connectivity index (χ3n) is 2.84.